The summed E-state index contributed by atoms with van der Waals surface area (Å²) < 4.78 is 0. The van der Waals surface area contributed by atoms with Gasteiger partial charge in [0.05, 0.1) is 18.4 Å². The Morgan fingerprint density at radius 2 is 2.00 bits per heavy atom. The third-order valence-electron chi connectivity index (χ3n) is 4.60. The highest BCUT2D eigenvalue weighted by molar-refractivity contribution is 5.92. The largest absolute Gasteiger partial charge is 0.353 e. The Balaban J connectivity index is 1.58. The minimum Gasteiger partial charge on any atom is -0.353 e. The third-order valence-corrected chi connectivity index (χ3v) is 4.60. The molecular weight excluding hydrogens is 292 g/mol. The van der Waals surface area contributed by atoms with Crippen LogP contribution < -0.4 is 15.5 Å². The maximum Gasteiger partial charge on any atom is 0.239 e. The molecule has 2 heterocycles. The quantitative estimate of drug-likeness (QED) is 0.836. The van der Waals surface area contributed by atoms with Crippen LogP contribution >= 0.6 is 0 Å². The van der Waals surface area contributed by atoms with Crippen molar-refractivity contribution in [1.29, 1.82) is 0 Å². The molecule has 2 aliphatic rings. The molecule has 0 unspecified atom stereocenters. The number of amides is 2. The average Bonchev–Trinajstić information content (AvgIpc) is 2.85. The van der Waals surface area contributed by atoms with Gasteiger partial charge in [0.25, 0.3) is 0 Å². The second kappa shape index (κ2) is 7.44. The molecule has 6 heteroatoms. The van der Waals surface area contributed by atoms with E-state index in [0.717, 1.165) is 43.7 Å². The van der Waals surface area contributed by atoms with E-state index >= 15 is 0 Å². The topological polar surface area (TPSA) is 74.3 Å². The molecule has 0 radical (unpaired) electrons. The van der Waals surface area contributed by atoms with E-state index in [1.165, 1.54) is 12.8 Å². The van der Waals surface area contributed by atoms with Crippen LogP contribution in [0.1, 0.15) is 38.5 Å². The summed E-state index contributed by atoms with van der Waals surface area (Å²) in [5, 5.41) is 5.77. The fraction of sp³-hybridized carbons (Fsp3) is 0.588. The van der Waals surface area contributed by atoms with Gasteiger partial charge in [0.15, 0.2) is 0 Å². The molecule has 2 N–H and O–H groups in total. The summed E-state index contributed by atoms with van der Waals surface area (Å²) in [6, 6.07) is 3.73. The Labute approximate surface area is 136 Å². The molecular formula is C17H24N4O2. The number of nitrogens with zero attached hydrogens (tertiary/aromatic N) is 2. The van der Waals surface area contributed by atoms with E-state index in [9.17, 15) is 9.59 Å². The molecule has 124 valence electrons. The molecule has 2 fully saturated rings. The maximum atomic E-state index is 12.3. The highest BCUT2D eigenvalue weighted by Gasteiger charge is 2.21. The van der Waals surface area contributed by atoms with Crippen molar-refractivity contribution in [1.82, 2.24) is 10.3 Å². The van der Waals surface area contributed by atoms with Crippen molar-refractivity contribution < 1.29 is 9.59 Å². The lowest BCUT2D eigenvalue weighted by Crippen LogP contribution is -2.48. The molecule has 6 nitrogen and oxygen atoms in total. The number of hydrogen-bond donors (Lipinski definition) is 2. The van der Waals surface area contributed by atoms with E-state index in [1.54, 1.807) is 6.20 Å². The predicted molar refractivity (Wildman–Crippen MR) is 89.3 cm³/mol. The Morgan fingerprint density at radius 3 is 2.65 bits per heavy atom. The van der Waals surface area contributed by atoms with Crippen molar-refractivity contribution in [2.24, 2.45) is 5.92 Å². The molecule has 1 aliphatic carbocycles. The van der Waals surface area contributed by atoms with Crippen molar-refractivity contribution in [3.8, 4) is 0 Å². The Morgan fingerprint density at radius 1 is 1.22 bits per heavy atom. The summed E-state index contributed by atoms with van der Waals surface area (Å²) in [5.41, 5.74) is 0.726. The zero-order chi connectivity index (χ0) is 16.1. The Hall–Kier alpha value is -2.11. The van der Waals surface area contributed by atoms with Crippen LogP contribution in [0.3, 0.4) is 0 Å². The van der Waals surface area contributed by atoms with E-state index in [4.69, 9.17) is 0 Å². The van der Waals surface area contributed by atoms with Crippen molar-refractivity contribution >= 4 is 23.3 Å². The van der Waals surface area contributed by atoms with Gasteiger partial charge in [-0.25, -0.2) is 4.98 Å². The first-order chi connectivity index (χ1) is 11.2. The lowest BCUT2D eigenvalue weighted by atomic mass is 9.99. The minimum absolute atomic E-state index is 0.0174. The number of anilines is 2. The van der Waals surface area contributed by atoms with Crippen LogP contribution in [0.25, 0.3) is 0 Å². The van der Waals surface area contributed by atoms with E-state index in [1.807, 2.05) is 17.0 Å². The second-order valence-electron chi connectivity index (χ2n) is 6.35. The van der Waals surface area contributed by atoms with Crippen molar-refractivity contribution in [3.05, 3.63) is 18.3 Å². The van der Waals surface area contributed by atoms with Gasteiger partial charge in [0.1, 0.15) is 5.82 Å². The second-order valence-corrected chi connectivity index (χ2v) is 6.35. The predicted octanol–water partition coefficient (Wildman–Crippen LogP) is 1.93. The zero-order valence-corrected chi connectivity index (χ0v) is 13.4. The first kappa shape index (κ1) is 15.8. The normalized spacial score (nSPS) is 19.8. The molecule has 0 aromatic carbocycles. The number of carbonyl (C=O) groups is 2. The van der Waals surface area contributed by atoms with E-state index in [2.05, 4.69) is 15.6 Å². The van der Waals surface area contributed by atoms with Gasteiger partial charge in [-0.1, -0.05) is 25.7 Å². The monoisotopic (exact) mass is 316 g/mol. The average molecular weight is 316 g/mol. The summed E-state index contributed by atoms with van der Waals surface area (Å²) >= 11 is 0. The maximum absolute atomic E-state index is 12.3. The van der Waals surface area contributed by atoms with Gasteiger partial charge in [-0.2, -0.15) is 0 Å². The minimum atomic E-state index is 0.0174. The highest BCUT2D eigenvalue weighted by atomic mass is 16.2. The molecule has 0 spiro atoms. The van der Waals surface area contributed by atoms with Crippen molar-refractivity contribution in [2.75, 3.05) is 29.9 Å². The molecule has 3 rings (SSSR count). The van der Waals surface area contributed by atoms with Crippen LogP contribution in [0.5, 0.6) is 0 Å². The number of aromatic nitrogens is 1. The number of rotatable bonds is 3. The molecule has 2 amide bonds. The lowest BCUT2D eigenvalue weighted by Gasteiger charge is -2.27. The van der Waals surface area contributed by atoms with E-state index in [-0.39, 0.29) is 17.7 Å². The number of pyridine rings is 1. The standard InChI is InChI=1S/C17H24N4O2/c22-16-12-21(10-9-18-16)15-8-7-14(11-19-15)20-17(23)13-5-3-1-2-4-6-13/h7-8,11,13H,1-6,9-10,12H2,(H,18,22)(H,20,23). The Bertz CT molecular complexity index is 550. The van der Waals surface area contributed by atoms with Gasteiger partial charge in [0, 0.05) is 19.0 Å². The number of piperazine rings is 1. The molecule has 1 aromatic rings. The highest BCUT2D eigenvalue weighted by Crippen LogP contribution is 2.24. The lowest BCUT2D eigenvalue weighted by molar-refractivity contribution is -0.121. The van der Waals surface area contributed by atoms with Gasteiger partial charge >= 0.3 is 0 Å². The molecule has 1 saturated heterocycles. The summed E-state index contributed by atoms with van der Waals surface area (Å²) in [6.45, 7) is 1.73. The number of nitrogens with one attached hydrogen (secondary N) is 2. The Kier molecular flexibility index (Phi) is 5.10. The van der Waals surface area contributed by atoms with E-state index < -0.39 is 0 Å². The first-order valence-electron chi connectivity index (χ1n) is 8.51. The number of hydrogen-bond acceptors (Lipinski definition) is 4. The van der Waals surface area contributed by atoms with Gasteiger partial charge in [0.2, 0.25) is 11.8 Å². The molecule has 1 aliphatic heterocycles. The van der Waals surface area contributed by atoms with Gasteiger partial charge in [-0.05, 0) is 25.0 Å². The van der Waals surface area contributed by atoms with E-state index in [0.29, 0.717) is 13.1 Å². The molecule has 1 aromatic heterocycles. The van der Waals surface area contributed by atoms with Crippen LogP contribution in [0, 0.1) is 5.92 Å². The van der Waals surface area contributed by atoms with Crippen molar-refractivity contribution in [2.45, 2.75) is 38.5 Å². The summed E-state index contributed by atoms with van der Waals surface area (Å²) in [4.78, 5) is 30.1. The first-order valence-corrected chi connectivity index (χ1v) is 8.51. The van der Waals surface area contributed by atoms with Gasteiger partial charge in [-0.15, -0.1) is 0 Å². The summed E-state index contributed by atoms with van der Waals surface area (Å²) in [6.07, 6.45) is 8.42. The molecule has 0 bridgehead atoms. The molecule has 0 atom stereocenters. The SMILES string of the molecule is O=C1CN(c2ccc(NC(=O)C3CCCCCC3)cn2)CCN1. The van der Waals surface area contributed by atoms with Gasteiger partial charge in [-0.3, -0.25) is 9.59 Å². The third kappa shape index (κ3) is 4.21. The fourth-order valence-corrected chi connectivity index (χ4v) is 3.27. The zero-order valence-electron chi connectivity index (χ0n) is 13.4. The summed E-state index contributed by atoms with van der Waals surface area (Å²) in [5.74, 6) is 1.03. The summed E-state index contributed by atoms with van der Waals surface area (Å²) in [7, 11) is 0. The van der Waals surface area contributed by atoms with Crippen LogP contribution in [-0.2, 0) is 9.59 Å². The van der Waals surface area contributed by atoms with Crippen molar-refractivity contribution in [3.63, 3.8) is 0 Å². The van der Waals surface area contributed by atoms with Crippen LogP contribution in [0.4, 0.5) is 11.5 Å². The van der Waals surface area contributed by atoms with Crippen LogP contribution in [0.2, 0.25) is 0 Å². The van der Waals surface area contributed by atoms with Crippen LogP contribution in [-0.4, -0.2) is 36.4 Å². The fourth-order valence-electron chi connectivity index (χ4n) is 3.27. The smallest absolute Gasteiger partial charge is 0.239 e. The number of carbonyl (C=O) groups excluding carboxylic acids is 2. The van der Waals surface area contributed by atoms with Gasteiger partial charge < -0.3 is 15.5 Å². The molecule has 23 heavy (non-hydrogen) atoms. The molecule has 1 saturated carbocycles. The van der Waals surface area contributed by atoms with Crippen LogP contribution in [0.15, 0.2) is 18.3 Å².